The minimum atomic E-state index is 0.559. The van der Waals surface area contributed by atoms with E-state index in [9.17, 15) is 0 Å². The fraction of sp³-hybridized carbons (Fsp3) is 0.846. The Bertz CT molecular complexity index is 200. The number of rotatable bonds is 2. The summed E-state index contributed by atoms with van der Waals surface area (Å²) in [5.41, 5.74) is 0.559. The molecule has 1 aliphatic carbocycles. The van der Waals surface area contributed by atoms with E-state index in [0.29, 0.717) is 5.41 Å². The standard InChI is InChI=1S/C13H26N/c1-13(12-14(2,3)4)10-8-6-5-7-9-11-13/h5-6H,7-12H2,1-4H3/q+1/b6-5-. The van der Waals surface area contributed by atoms with Crippen LogP contribution in [-0.4, -0.2) is 32.2 Å². The van der Waals surface area contributed by atoms with Gasteiger partial charge in [-0.05, 0) is 32.1 Å². The Labute approximate surface area is 89.4 Å². The molecule has 0 saturated heterocycles. The third-order valence-electron chi connectivity index (χ3n) is 3.09. The van der Waals surface area contributed by atoms with Gasteiger partial charge in [0, 0.05) is 5.41 Å². The lowest BCUT2D eigenvalue weighted by Gasteiger charge is -2.37. The number of allylic oxidation sites excluding steroid dienone is 2. The topological polar surface area (TPSA) is 0 Å². The van der Waals surface area contributed by atoms with Gasteiger partial charge in [0.1, 0.15) is 0 Å². The molecule has 0 radical (unpaired) electrons. The Morgan fingerprint density at radius 1 is 1.07 bits per heavy atom. The van der Waals surface area contributed by atoms with Gasteiger partial charge in [-0.15, -0.1) is 0 Å². The van der Waals surface area contributed by atoms with Gasteiger partial charge in [-0.2, -0.15) is 0 Å². The molecule has 1 heteroatoms. The summed E-state index contributed by atoms with van der Waals surface area (Å²) in [6.07, 6.45) is 11.4. The molecule has 0 aromatic carbocycles. The largest absolute Gasteiger partial charge is 0.330 e. The molecule has 0 N–H and O–H groups in total. The second-order valence-corrected chi connectivity index (χ2v) is 6.16. The molecule has 1 unspecified atom stereocenters. The minimum Gasteiger partial charge on any atom is -0.330 e. The van der Waals surface area contributed by atoms with Crippen LogP contribution >= 0.6 is 0 Å². The van der Waals surface area contributed by atoms with Crippen molar-refractivity contribution < 1.29 is 4.48 Å². The van der Waals surface area contributed by atoms with Gasteiger partial charge in [-0.3, -0.25) is 0 Å². The second-order valence-electron chi connectivity index (χ2n) is 6.16. The van der Waals surface area contributed by atoms with Crippen LogP contribution in [0.2, 0.25) is 0 Å². The Morgan fingerprint density at radius 3 is 2.36 bits per heavy atom. The van der Waals surface area contributed by atoms with E-state index in [2.05, 4.69) is 40.2 Å². The molecule has 0 spiro atoms. The molecule has 0 saturated carbocycles. The first-order valence-corrected chi connectivity index (χ1v) is 5.87. The van der Waals surface area contributed by atoms with Crippen molar-refractivity contribution in [3.63, 3.8) is 0 Å². The van der Waals surface area contributed by atoms with E-state index in [1.165, 1.54) is 38.6 Å². The second kappa shape index (κ2) is 4.48. The molecule has 82 valence electrons. The molecule has 0 amide bonds. The van der Waals surface area contributed by atoms with Crippen molar-refractivity contribution in [1.29, 1.82) is 0 Å². The van der Waals surface area contributed by atoms with Crippen molar-refractivity contribution in [1.82, 2.24) is 0 Å². The van der Waals surface area contributed by atoms with Crippen LogP contribution in [0.15, 0.2) is 12.2 Å². The first-order chi connectivity index (χ1) is 6.41. The van der Waals surface area contributed by atoms with Gasteiger partial charge >= 0.3 is 0 Å². The summed E-state index contributed by atoms with van der Waals surface area (Å²) in [4.78, 5) is 0. The van der Waals surface area contributed by atoms with E-state index in [1.54, 1.807) is 0 Å². The number of hydrogen-bond acceptors (Lipinski definition) is 0. The highest BCUT2D eigenvalue weighted by molar-refractivity contribution is 4.88. The van der Waals surface area contributed by atoms with Crippen LogP contribution in [0.5, 0.6) is 0 Å². The quantitative estimate of drug-likeness (QED) is 0.470. The van der Waals surface area contributed by atoms with Gasteiger partial charge in [0.05, 0.1) is 27.7 Å². The van der Waals surface area contributed by atoms with Crippen molar-refractivity contribution in [3.8, 4) is 0 Å². The zero-order chi connectivity index (χ0) is 10.7. The molecule has 1 rings (SSSR count). The lowest BCUT2D eigenvalue weighted by atomic mass is 9.78. The summed E-state index contributed by atoms with van der Waals surface area (Å²) in [7, 11) is 6.92. The maximum atomic E-state index is 2.47. The normalized spacial score (nSPS) is 32.0. The fourth-order valence-electron chi connectivity index (χ4n) is 2.74. The summed E-state index contributed by atoms with van der Waals surface area (Å²) in [6, 6.07) is 0. The number of hydrogen-bond donors (Lipinski definition) is 0. The van der Waals surface area contributed by atoms with Crippen LogP contribution in [0.4, 0.5) is 0 Å². The summed E-state index contributed by atoms with van der Waals surface area (Å²) >= 11 is 0. The third kappa shape index (κ3) is 4.28. The van der Waals surface area contributed by atoms with Crippen molar-refractivity contribution in [2.75, 3.05) is 27.7 Å². The van der Waals surface area contributed by atoms with Gasteiger partial charge < -0.3 is 4.48 Å². The Morgan fingerprint density at radius 2 is 1.71 bits per heavy atom. The summed E-state index contributed by atoms with van der Waals surface area (Å²) in [6.45, 7) is 3.77. The Balaban J connectivity index is 2.57. The number of quaternary nitrogens is 1. The summed E-state index contributed by atoms with van der Waals surface area (Å²) in [5.74, 6) is 0. The van der Waals surface area contributed by atoms with Gasteiger partial charge in [-0.25, -0.2) is 0 Å². The highest BCUT2D eigenvalue weighted by Gasteiger charge is 2.30. The van der Waals surface area contributed by atoms with E-state index in [1.807, 2.05) is 0 Å². The SMILES string of the molecule is CC1(C[N+](C)(C)C)CC/C=C\CCC1. The van der Waals surface area contributed by atoms with Gasteiger partial charge in [0.2, 0.25) is 0 Å². The first-order valence-electron chi connectivity index (χ1n) is 5.87. The maximum absolute atomic E-state index is 2.47. The first kappa shape index (κ1) is 11.8. The predicted octanol–water partition coefficient (Wildman–Crippen LogP) is 3.22. The molecule has 1 nitrogen and oxygen atoms in total. The van der Waals surface area contributed by atoms with Crippen molar-refractivity contribution in [3.05, 3.63) is 12.2 Å². The van der Waals surface area contributed by atoms with Crippen molar-refractivity contribution in [2.45, 2.75) is 39.0 Å². The van der Waals surface area contributed by atoms with Crippen molar-refractivity contribution >= 4 is 0 Å². The molecule has 0 bridgehead atoms. The van der Waals surface area contributed by atoms with Crippen LogP contribution in [0.1, 0.15) is 39.0 Å². The number of nitrogens with zero attached hydrogens (tertiary/aromatic N) is 1. The van der Waals surface area contributed by atoms with Gasteiger partial charge in [0.15, 0.2) is 0 Å². The highest BCUT2D eigenvalue weighted by atomic mass is 15.3. The van der Waals surface area contributed by atoms with Gasteiger partial charge in [-0.1, -0.05) is 19.1 Å². The van der Waals surface area contributed by atoms with E-state index in [4.69, 9.17) is 0 Å². The monoisotopic (exact) mass is 196 g/mol. The molecule has 0 aromatic rings. The minimum absolute atomic E-state index is 0.559. The highest BCUT2D eigenvalue weighted by Crippen LogP contribution is 2.33. The van der Waals surface area contributed by atoms with E-state index >= 15 is 0 Å². The van der Waals surface area contributed by atoms with E-state index in [-0.39, 0.29) is 0 Å². The zero-order valence-electron chi connectivity index (χ0n) is 10.3. The van der Waals surface area contributed by atoms with Crippen LogP contribution in [0.3, 0.4) is 0 Å². The molecule has 0 aliphatic heterocycles. The lowest BCUT2D eigenvalue weighted by Crippen LogP contribution is -2.44. The summed E-state index contributed by atoms with van der Waals surface area (Å²) in [5, 5.41) is 0. The summed E-state index contributed by atoms with van der Waals surface area (Å²) < 4.78 is 1.10. The molecular formula is C13H26N+. The van der Waals surface area contributed by atoms with Crippen molar-refractivity contribution in [2.24, 2.45) is 5.41 Å². The molecule has 1 atom stereocenters. The van der Waals surface area contributed by atoms with Crippen LogP contribution in [0, 0.1) is 5.41 Å². The predicted molar refractivity (Wildman–Crippen MR) is 63.2 cm³/mol. The van der Waals surface area contributed by atoms with E-state index < -0.39 is 0 Å². The van der Waals surface area contributed by atoms with Crippen LogP contribution in [-0.2, 0) is 0 Å². The molecule has 0 heterocycles. The third-order valence-corrected chi connectivity index (χ3v) is 3.09. The molecule has 0 aromatic heterocycles. The average Bonchev–Trinajstić information content (AvgIpc) is 1.95. The smallest absolute Gasteiger partial charge is 0.0834 e. The maximum Gasteiger partial charge on any atom is 0.0834 e. The average molecular weight is 196 g/mol. The molecule has 1 aliphatic rings. The van der Waals surface area contributed by atoms with Crippen LogP contribution in [0.25, 0.3) is 0 Å². The van der Waals surface area contributed by atoms with E-state index in [0.717, 1.165) is 4.48 Å². The van der Waals surface area contributed by atoms with Gasteiger partial charge in [0.25, 0.3) is 0 Å². The van der Waals surface area contributed by atoms with Crippen LogP contribution < -0.4 is 0 Å². The molecule has 14 heavy (non-hydrogen) atoms. The fourth-order valence-corrected chi connectivity index (χ4v) is 2.74. The lowest BCUT2D eigenvalue weighted by molar-refractivity contribution is -0.877. The zero-order valence-corrected chi connectivity index (χ0v) is 10.3. The Hall–Kier alpha value is -0.300. The molecular weight excluding hydrogens is 170 g/mol. The molecule has 0 fully saturated rings. The Kier molecular flexibility index (Phi) is 3.77.